The standard InChI is InChI=1S/C23H25FN4O/c1-15(2)19-9-5-7-11-21(19)28-16(3)25-22(26-28)23(29)27(18-12-13-18)14-17-8-4-6-10-20(17)24/h4-11,15,18H,12-14H2,1-3H3. The van der Waals surface area contributed by atoms with E-state index in [4.69, 9.17) is 0 Å². The summed E-state index contributed by atoms with van der Waals surface area (Å²) in [5.74, 6) is 0.580. The molecule has 3 aromatic rings. The van der Waals surface area contributed by atoms with Crippen LogP contribution in [0, 0.1) is 12.7 Å². The van der Waals surface area contributed by atoms with E-state index < -0.39 is 0 Å². The fraction of sp³-hybridized carbons (Fsp3) is 0.348. The summed E-state index contributed by atoms with van der Waals surface area (Å²) in [6.45, 7) is 6.33. The van der Waals surface area contributed by atoms with Gasteiger partial charge in [0, 0.05) is 18.2 Å². The highest BCUT2D eigenvalue weighted by atomic mass is 19.1. The summed E-state index contributed by atoms with van der Waals surface area (Å²) in [7, 11) is 0. The smallest absolute Gasteiger partial charge is 0.294 e. The van der Waals surface area contributed by atoms with Crippen LogP contribution >= 0.6 is 0 Å². The Morgan fingerprint density at radius 2 is 1.86 bits per heavy atom. The normalized spacial score (nSPS) is 13.7. The van der Waals surface area contributed by atoms with Gasteiger partial charge in [-0.05, 0) is 43.4 Å². The molecule has 0 spiro atoms. The van der Waals surface area contributed by atoms with Gasteiger partial charge in [0.25, 0.3) is 5.91 Å². The van der Waals surface area contributed by atoms with Crippen LogP contribution in [0.15, 0.2) is 48.5 Å². The topological polar surface area (TPSA) is 51.0 Å². The molecule has 0 saturated heterocycles. The minimum absolute atomic E-state index is 0.123. The lowest BCUT2D eigenvalue weighted by atomic mass is 10.0. The number of hydrogen-bond acceptors (Lipinski definition) is 3. The highest BCUT2D eigenvalue weighted by Crippen LogP contribution is 2.30. The average Bonchev–Trinajstić information content (AvgIpc) is 3.48. The number of halogens is 1. The molecular weight excluding hydrogens is 367 g/mol. The number of aromatic nitrogens is 3. The first-order valence-electron chi connectivity index (χ1n) is 10.0. The maximum atomic E-state index is 14.1. The lowest BCUT2D eigenvalue weighted by Gasteiger charge is -2.21. The number of amides is 1. The second-order valence-corrected chi connectivity index (χ2v) is 7.86. The summed E-state index contributed by atoms with van der Waals surface area (Å²) in [5.41, 5.74) is 2.58. The van der Waals surface area contributed by atoms with Gasteiger partial charge in [-0.1, -0.05) is 50.2 Å². The number of aryl methyl sites for hydroxylation is 1. The second kappa shape index (κ2) is 7.78. The summed E-state index contributed by atoms with van der Waals surface area (Å²) >= 11 is 0. The zero-order valence-corrected chi connectivity index (χ0v) is 17.0. The molecule has 1 fully saturated rings. The van der Waals surface area contributed by atoms with Crippen molar-refractivity contribution in [2.75, 3.05) is 0 Å². The average molecular weight is 392 g/mol. The molecule has 0 atom stereocenters. The SMILES string of the molecule is Cc1nc(C(=O)N(Cc2ccccc2F)C2CC2)nn1-c1ccccc1C(C)C. The van der Waals surface area contributed by atoms with Crippen LogP contribution in [0.1, 0.15) is 60.2 Å². The van der Waals surface area contributed by atoms with Gasteiger partial charge in [-0.15, -0.1) is 5.10 Å². The Labute approximate surface area is 170 Å². The highest BCUT2D eigenvalue weighted by molar-refractivity contribution is 5.91. The molecule has 150 valence electrons. The summed E-state index contributed by atoms with van der Waals surface area (Å²) in [6, 6.07) is 14.7. The van der Waals surface area contributed by atoms with Gasteiger partial charge in [-0.2, -0.15) is 0 Å². The quantitative estimate of drug-likeness (QED) is 0.614. The fourth-order valence-electron chi connectivity index (χ4n) is 3.57. The Balaban J connectivity index is 1.66. The van der Waals surface area contributed by atoms with Crippen LogP contribution in [0.4, 0.5) is 4.39 Å². The molecule has 1 amide bonds. The Morgan fingerprint density at radius 1 is 1.17 bits per heavy atom. The van der Waals surface area contributed by atoms with E-state index in [0.717, 1.165) is 24.1 Å². The first-order valence-corrected chi connectivity index (χ1v) is 10.0. The molecule has 5 nitrogen and oxygen atoms in total. The van der Waals surface area contributed by atoms with Crippen LogP contribution in [-0.4, -0.2) is 31.6 Å². The summed E-state index contributed by atoms with van der Waals surface area (Å²) < 4.78 is 15.9. The van der Waals surface area contributed by atoms with Gasteiger partial charge in [0.1, 0.15) is 11.6 Å². The molecule has 4 rings (SSSR count). The summed E-state index contributed by atoms with van der Waals surface area (Å²) in [4.78, 5) is 19.4. The van der Waals surface area contributed by atoms with Crippen LogP contribution in [0.25, 0.3) is 5.69 Å². The van der Waals surface area contributed by atoms with E-state index in [2.05, 4.69) is 30.0 Å². The third-order valence-corrected chi connectivity index (χ3v) is 5.29. The molecule has 6 heteroatoms. The Bertz CT molecular complexity index is 1040. The van der Waals surface area contributed by atoms with Crippen LogP contribution in [-0.2, 0) is 6.54 Å². The van der Waals surface area contributed by atoms with Crippen LogP contribution in [0.5, 0.6) is 0 Å². The molecular formula is C23H25FN4O. The van der Waals surface area contributed by atoms with Crippen molar-refractivity contribution >= 4 is 5.91 Å². The highest BCUT2D eigenvalue weighted by Gasteiger charge is 2.35. The molecule has 0 N–H and O–H groups in total. The van der Waals surface area contributed by atoms with Crippen molar-refractivity contribution in [3.8, 4) is 5.69 Å². The van der Waals surface area contributed by atoms with E-state index >= 15 is 0 Å². The third-order valence-electron chi connectivity index (χ3n) is 5.29. The first-order chi connectivity index (χ1) is 14.0. The first kappa shape index (κ1) is 19.3. The van der Waals surface area contributed by atoms with E-state index in [0.29, 0.717) is 17.3 Å². The van der Waals surface area contributed by atoms with Crippen molar-refractivity contribution in [2.45, 2.75) is 52.1 Å². The van der Waals surface area contributed by atoms with Crippen molar-refractivity contribution in [1.29, 1.82) is 0 Å². The van der Waals surface area contributed by atoms with Crippen molar-refractivity contribution in [2.24, 2.45) is 0 Å². The Morgan fingerprint density at radius 3 is 2.55 bits per heavy atom. The van der Waals surface area contributed by atoms with Crippen LogP contribution < -0.4 is 0 Å². The number of hydrogen-bond donors (Lipinski definition) is 0. The van der Waals surface area contributed by atoms with Gasteiger partial charge in [0.05, 0.1) is 5.69 Å². The number of nitrogens with zero attached hydrogens (tertiary/aromatic N) is 4. The monoisotopic (exact) mass is 392 g/mol. The van der Waals surface area contributed by atoms with Gasteiger partial charge in [-0.3, -0.25) is 4.79 Å². The number of benzene rings is 2. The number of carbonyl (C=O) groups is 1. The minimum atomic E-state index is -0.300. The summed E-state index contributed by atoms with van der Waals surface area (Å²) in [5, 5.41) is 4.54. The molecule has 29 heavy (non-hydrogen) atoms. The molecule has 1 saturated carbocycles. The maximum absolute atomic E-state index is 14.1. The van der Waals surface area contributed by atoms with E-state index in [-0.39, 0.29) is 30.1 Å². The van der Waals surface area contributed by atoms with Gasteiger partial charge in [0.15, 0.2) is 0 Å². The Hall–Kier alpha value is -3.02. The van der Waals surface area contributed by atoms with Crippen LogP contribution in [0.3, 0.4) is 0 Å². The summed E-state index contributed by atoms with van der Waals surface area (Å²) in [6.07, 6.45) is 1.85. The van der Waals surface area contributed by atoms with Crippen molar-refractivity contribution in [3.63, 3.8) is 0 Å². The van der Waals surface area contributed by atoms with Crippen molar-refractivity contribution < 1.29 is 9.18 Å². The predicted octanol–water partition coefficient (Wildman–Crippen LogP) is 4.64. The van der Waals surface area contributed by atoms with Crippen molar-refractivity contribution in [3.05, 3.63) is 77.1 Å². The van der Waals surface area contributed by atoms with Gasteiger partial charge < -0.3 is 4.90 Å². The molecule has 0 unspecified atom stereocenters. The van der Waals surface area contributed by atoms with E-state index in [9.17, 15) is 9.18 Å². The molecule has 1 aromatic heterocycles. The molecule has 2 aromatic carbocycles. The maximum Gasteiger partial charge on any atom is 0.294 e. The van der Waals surface area contributed by atoms with Crippen molar-refractivity contribution in [1.82, 2.24) is 19.7 Å². The van der Waals surface area contributed by atoms with Gasteiger partial charge in [-0.25, -0.2) is 14.1 Å². The molecule has 0 bridgehead atoms. The molecule has 0 radical (unpaired) electrons. The van der Waals surface area contributed by atoms with E-state index in [1.807, 2.05) is 25.1 Å². The second-order valence-electron chi connectivity index (χ2n) is 7.86. The Kier molecular flexibility index (Phi) is 5.18. The van der Waals surface area contributed by atoms with Crippen LogP contribution in [0.2, 0.25) is 0 Å². The zero-order chi connectivity index (χ0) is 20.5. The minimum Gasteiger partial charge on any atom is -0.328 e. The van der Waals surface area contributed by atoms with Gasteiger partial charge in [0.2, 0.25) is 5.82 Å². The van der Waals surface area contributed by atoms with Gasteiger partial charge >= 0.3 is 0 Å². The van der Waals surface area contributed by atoms with E-state index in [1.54, 1.807) is 27.8 Å². The molecule has 1 aliphatic rings. The van der Waals surface area contributed by atoms with E-state index in [1.165, 1.54) is 6.07 Å². The number of para-hydroxylation sites is 1. The predicted molar refractivity (Wildman–Crippen MR) is 109 cm³/mol. The molecule has 1 heterocycles. The largest absolute Gasteiger partial charge is 0.328 e. The number of rotatable bonds is 6. The number of carbonyl (C=O) groups excluding carboxylic acids is 1. The molecule has 1 aliphatic carbocycles. The fourth-order valence-corrected chi connectivity index (χ4v) is 3.57. The lowest BCUT2D eigenvalue weighted by molar-refractivity contribution is 0.0716. The molecule has 0 aliphatic heterocycles. The lowest BCUT2D eigenvalue weighted by Crippen LogP contribution is -2.33. The zero-order valence-electron chi connectivity index (χ0n) is 17.0. The third kappa shape index (κ3) is 3.92.